The summed E-state index contributed by atoms with van der Waals surface area (Å²) in [5, 5.41) is 11.3. The Hall–Kier alpha value is -2.83. The van der Waals surface area contributed by atoms with Crippen LogP contribution >= 0.6 is 15.9 Å². The zero-order valence-corrected chi connectivity index (χ0v) is 17.9. The molecule has 4 rings (SSSR count). The van der Waals surface area contributed by atoms with Gasteiger partial charge in [-0.05, 0) is 61.9 Å². The van der Waals surface area contributed by atoms with Gasteiger partial charge in [-0.25, -0.2) is 0 Å². The molecule has 0 fully saturated rings. The van der Waals surface area contributed by atoms with Gasteiger partial charge in [-0.3, -0.25) is 4.79 Å². The molecule has 2 heterocycles. The number of benzene rings is 2. The second-order valence-corrected chi connectivity index (χ2v) is 8.47. The van der Waals surface area contributed by atoms with Crippen molar-refractivity contribution in [2.45, 2.75) is 19.4 Å². The van der Waals surface area contributed by atoms with E-state index < -0.39 is 5.60 Å². The minimum atomic E-state index is -1.01. The van der Waals surface area contributed by atoms with Crippen LogP contribution in [0.4, 0.5) is 0 Å². The Morgan fingerprint density at radius 1 is 1.07 bits per heavy atom. The van der Waals surface area contributed by atoms with Crippen LogP contribution in [-0.2, 0) is 12.6 Å². The number of aromatic nitrogens is 2. The van der Waals surface area contributed by atoms with Gasteiger partial charge in [0.25, 0.3) is 5.56 Å². The molecule has 0 aliphatic rings. The van der Waals surface area contributed by atoms with Crippen LogP contribution in [-0.4, -0.2) is 14.7 Å². The lowest BCUT2D eigenvalue weighted by molar-refractivity contribution is 0.0786. The molecule has 6 heteroatoms. The maximum Gasteiger partial charge on any atom is 0.274 e. The third kappa shape index (κ3) is 3.73. The number of ether oxygens (including phenoxy) is 1. The standard InChI is InChI=1S/C23H21BrN2O3/c1-23(2,28)14-4-9-20(29-16-7-5-15(24)6-8-16)18(12-14)19-13-26(3)22(27)21-17(19)10-11-25-21/h4-13,25,28H,1-3H3. The molecule has 2 N–H and O–H groups in total. The average molecular weight is 453 g/mol. The Kier molecular flexibility index (Phi) is 4.84. The number of fused-ring (bicyclic) bond motifs is 1. The van der Waals surface area contributed by atoms with Crippen molar-refractivity contribution in [1.82, 2.24) is 9.55 Å². The molecule has 29 heavy (non-hydrogen) atoms. The molecule has 0 amide bonds. The van der Waals surface area contributed by atoms with Crippen molar-refractivity contribution in [1.29, 1.82) is 0 Å². The first-order valence-electron chi connectivity index (χ1n) is 9.21. The molecular formula is C23H21BrN2O3. The third-order valence-corrected chi connectivity index (χ3v) is 5.44. The van der Waals surface area contributed by atoms with Crippen LogP contribution in [0.2, 0.25) is 0 Å². The van der Waals surface area contributed by atoms with Crippen molar-refractivity contribution in [3.05, 3.63) is 81.3 Å². The number of hydrogen-bond donors (Lipinski definition) is 2. The van der Waals surface area contributed by atoms with Gasteiger partial charge in [0, 0.05) is 40.4 Å². The Labute approximate surface area is 176 Å². The number of nitrogens with one attached hydrogen (secondary N) is 1. The van der Waals surface area contributed by atoms with E-state index in [4.69, 9.17) is 4.74 Å². The van der Waals surface area contributed by atoms with E-state index >= 15 is 0 Å². The molecule has 0 atom stereocenters. The lowest BCUT2D eigenvalue weighted by atomic mass is 9.93. The quantitative estimate of drug-likeness (QED) is 0.440. The van der Waals surface area contributed by atoms with Crippen LogP contribution in [0.1, 0.15) is 19.4 Å². The van der Waals surface area contributed by atoms with Gasteiger partial charge in [-0.15, -0.1) is 0 Å². The zero-order chi connectivity index (χ0) is 20.8. The Bertz CT molecular complexity index is 1250. The normalized spacial score (nSPS) is 11.8. The molecule has 2 aromatic carbocycles. The molecule has 5 nitrogen and oxygen atoms in total. The molecule has 0 bridgehead atoms. The summed E-state index contributed by atoms with van der Waals surface area (Å²) in [5.41, 5.74) is 1.83. The minimum absolute atomic E-state index is 0.0947. The first-order valence-corrected chi connectivity index (χ1v) is 10.0. The highest BCUT2D eigenvalue weighted by Gasteiger charge is 2.21. The lowest BCUT2D eigenvalue weighted by Crippen LogP contribution is -2.17. The second kappa shape index (κ2) is 7.21. The first kappa shape index (κ1) is 19.5. The van der Waals surface area contributed by atoms with E-state index in [1.807, 2.05) is 48.5 Å². The van der Waals surface area contributed by atoms with E-state index in [2.05, 4.69) is 20.9 Å². The number of aromatic amines is 1. The van der Waals surface area contributed by atoms with E-state index in [0.717, 1.165) is 26.5 Å². The maximum atomic E-state index is 12.5. The second-order valence-electron chi connectivity index (χ2n) is 7.55. The highest BCUT2D eigenvalue weighted by atomic mass is 79.9. The van der Waals surface area contributed by atoms with Gasteiger partial charge in [0.15, 0.2) is 0 Å². The van der Waals surface area contributed by atoms with Crippen molar-refractivity contribution >= 4 is 26.8 Å². The van der Waals surface area contributed by atoms with E-state index in [9.17, 15) is 9.90 Å². The third-order valence-electron chi connectivity index (χ3n) is 4.91. The zero-order valence-electron chi connectivity index (χ0n) is 16.4. The van der Waals surface area contributed by atoms with Crippen LogP contribution < -0.4 is 10.3 Å². The SMILES string of the molecule is Cn1cc(-c2cc(C(C)(C)O)ccc2Oc2ccc(Br)cc2)c2cc[nH]c2c1=O. The molecule has 0 aliphatic carbocycles. The fourth-order valence-corrected chi connectivity index (χ4v) is 3.59. The van der Waals surface area contributed by atoms with E-state index in [1.54, 1.807) is 37.9 Å². The summed E-state index contributed by atoms with van der Waals surface area (Å²) in [6.45, 7) is 3.49. The number of nitrogens with zero attached hydrogens (tertiary/aromatic N) is 1. The molecule has 0 radical (unpaired) electrons. The predicted octanol–water partition coefficient (Wildman–Crippen LogP) is 5.32. The number of rotatable bonds is 4. The Balaban J connectivity index is 1.95. The fourth-order valence-electron chi connectivity index (χ4n) is 3.32. The van der Waals surface area contributed by atoms with Gasteiger partial charge in [0.1, 0.15) is 17.0 Å². The van der Waals surface area contributed by atoms with Crippen LogP contribution in [0.3, 0.4) is 0 Å². The summed E-state index contributed by atoms with van der Waals surface area (Å²) in [7, 11) is 1.72. The predicted molar refractivity (Wildman–Crippen MR) is 118 cm³/mol. The monoisotopic (exact) mass is 452 g/mol. The molecular weight excluding hydrogens is 432 g/mol. The summed E-state index contributed by atoms with van der Waals surface area (Å²) in [6.07, 6.45) is 3.56. The number of halogens is 1. The van der Waals surface area contributed by atoms with E-state index in [0.29, 0.717) is 17.0 Å². The molecule has 0 aliphatic heterocycles. The average Bonchev–Trinajstić information content (AvgIpc) is 3.16. The smallest absolute Gasteiger partial charge is 0.274 e. The van der Waals surface area contributed by atoms with Crippen molar-refractivity contribution in [2.24, 2.45) is 7.05 Å². The van der Waals surface area contributed by atoms with E-state index in [1.165, 1.54) is 0 Å². The van der Waals surface area contributed by atoms with Crippen LogP contribution in [0.15, 0.2) is 70.2 Å². The van der Waals surface area contributed by atoms with Crippen molar-refractivity contribution in [3.8, 4) is 22.6 Å². The van der Waals surface area contributed by atoms with Crippen molar-refractivity contribution in [2.75, 3.05) is 0 Å². The van der Waals surface area contributed by atoms with Gasteiger partial charge in [-0.1, -0.05) is 22.0 Å². The molecule has 2 aromatic heterocycles. The molecule has 4 aromatic rings. The molecule has 0 saturated carbocycles. The van der Waals surface area contributed by atoms with Gasteiger partial charge in [0.05, 0.1) is 5.60 Å². The number of hydrogen-bond acceptors (Lipinski definition) is 3. The largest absolute Gasteiger partial charge is 0.457 e. The first-order chi connectivity index (χ1) is 13.7. The van der Waals surface area contributed by atoms with Crippen LogP contribution in [0.25, 0.3) is 22.0 Å². The summed E-state index contributed by atoms with van der Waals surface area (Å²) in [5.74, 6) is 1.34. The summed E-state index contributed by atoms with van der Waals surface area (Å²) < 4.78 is 8.70. The van der Waals surface area contributed by atoms with Gasteiger partial charge in [-0.2, -0.15) is 0 Å². The van der Waals surface area contributed by atoms with Gasteiger partial charge in [0.2, 0.25) is 0 Å². The molecule has 0 saturated heterocycles. The number of aryl methyl sites for hydroxylation is 1. The van der Waals surface area contributed by atoms with Crippen molar-refractivity contribution < 1.29 is 9.84 Å². The number of H-pyrrole nitrogens is 1. The summed E-state index contributed by atoms with van der Waals surface area (Å²) >= 11 is 3.43. The van der Waals surface area contributed by atoms with E-state index in [-0.39, 0.29) is 5.56 Å². The maximum absolute atomic E-state index is 12.5. The van der Waals surface area contributed by atoms with Crippen LogP contribution in [0.5, 0.6) is 11.5 Å². The van der Waals surface area contributed by atoms with Crippen molar-refractivity contribution in [3.63, 3.8) is 0 Å². The van der Waals surface area contributed by atoms with Crippen LogP contribution in [0, 0.1) is 0 Å². The fraction of sp³-hybridized carbons (Fsp3) is 0.174. The van der Waals surface area contributed by atoms with Gasteiger partial charge >= 0.3 is 0 Å². The highest BCUT2D eigenvalue weighted by Crippen LogP contribution is 2.39. The molecule has 0 spiro atoms. The number of aliphatic hydroxyl groups is 1. The lowest BCUT2D eigenvalue weighted by Gasteiger charge is -2.21. The highest BCUT2D eigenvalue weighted by molar-refractivity contribution is 9.10. The summed E-state index contributed by atoms with van der Waals surface area (Å²) in [4.78, 5) is 15.5. The topological polar surface area (TPSA) is 67.2 Å². The summed E-state index contributed by atoms with van der Waals surface area (Å²) in [6, 6.07) is 15.1. The number of pyridine rings is 1. The molecule has 148 valence electrons. The van der Waals surface area contributed by atoms with Gasteiger partial charge < -0.3 is 19.4 Å². The Morgan fingerprint density at radius 3 is 2.48 bits per heavy atom. The Morgan fingerprint density at radius 2 is 1.79 bits per heavy atom. The minimum Gasteiger partial charge on any atom is -0.457 e. The molecule has 0 unspecified atom stereocenters.